The Labute approximate surface area is 120 Å². The molecule has 1 heterocycles. The third-order valence-electron chi connectivity index (χ3n) is 3.61. The highest BCUT2D eigenvalue weighted by Gasteiger charge is 2.21. The second-order valence-electron chi connectivity index (χ2n) is 5.67. The zero-order valence-electron chi connectivity index (χ0n) is 12.6. The molecular formula is C17H22N2O. The number of amides is 1. The number of rotatable bonds is 4. The molecule has 0 bridgehead atoms. The lowest BCUT2D eigenvalue weighted by Crippen LogP contribution is -2.14. The Kier molecular flexibility index (Phi) is 3.98. The molecule has 0 aliphatic rings. The van der Waals surface area contributed by atoms with E-state index in [1.54, 1.807) is 0 Å². The number of hydrogen-bond acceptors (Lipinski definition) is 1. The average Bonchev–Trinajstić information content (AvgIpc) is 2.61. The van der Waals surface area contributed by atoms with Gasteiger partial charge < -0.3 is 10.3 Å². The van der Waals surface area contributed by atoms with Gasteiger partial charge in [0.25, 0.3) is 5.91 Å². The summed E-state index contributed by atoms with van der Waals surface area (Å²) < 4.78 is 2.22. The molecule has 0 saturated heterocycles. The van der Waals surface area contributed by atoms with Crippen LogP contribution < -0.4 is 5.73 Å². The van der Waals surface area contributed by atoms with E-state index in [9.17, 15) is 4.79 Å². The maximum Gasteiger partial charge on any atom is 0.250 e. The van der Waals surface area contributed by atoms with Crippen molar-refractivity contribution in [3.05, 3.63) is 47.2 Å². The van der Waals surface area contributed by atoms with E-state index in [0.29, 0.717) is 11.5 Å². The summed E-state index contributed by atoms with van der Waals surface area (Å²) >= 11 is 0. The largest absolute Gasteiger partial charge is 0.366 e. The van der Waals surface area contributed by atoms with Crippen molar-refractivity contribution < 1.29 is 4.79 Å². The molecule has 0 radical (unpaired) electrons. The van der Waals surface area contributed by atoms with E-state index >= 15 is 0 Å². The van der Waals surface area contributed by atoms with Gasteiger partial charge in [-0.15, -0.1) is 0 Å². The number of carbonyl (C=O) groups excluding carboxylic acids is 1. The minimum Gasteiger partial charge on any atom is -0.366 e. The third kappa shape index (κ3) is 2.48. The summed E-state index contributed by atoms with van der Waals surface area (Å²) in [5.74, 6) is 0.156. The van der Waals surface area contributed by atoms with Gasteiger partial charge in [-0.2, -0.15) is 0 Å². The fourth-order valence-corrected chi connectivity index (χ4v) is 2.82. The average molecular weight is 270 g/mol. The lowest BCUT2D eigenvalue weighted by atomic mass is 10.0. The number of carbonyl (C=O) groups is 1. The summed E-state index contributed by atoms with van der Waals surface area (Å²) in [5, 5.41) is 0. The molecule has 1 amide bonds. The first kappa shape index (κ1) is 14.4. The molecule has 3 heteroatoms. The molecule has 0 atom stereocenters. The van der Waals surface area contributed by atoms with E-state index < -0.39 is 0 Å². The van der Waals surface area contributed by atoms with Gasteiger partial charge in [-0.25, -0.2) is 0 Å². The summed E-state index contributed by atoms with van der Waals surface area (Å²) in [5.41, 5.74) is 10.4. The standard InChI is InChI=1S/C17H22N2O/c1-11(2)10-19-13(4)15(17(18)20)12(3)16(19)14-8-6-5-7-9-14/h5-9,11H,10H2,1-4H3,(H2,18,20). The van der Waals surface area contributed by atoms with Crippen LogP contribution in [-0.4, -0.2) is 10.5 Å². The molecule has 1 aromatic carbocycles. The topological polar surface area (TPSA) is 48.0 Å². The van der Waals surface area contributed by atoms with Gasteiger partial charge in [0, 0.05) is 12.2 Å². The van der Waals surface area contributed by atoms with Crippen molar-refractivity contribution in [1.29, 1.82) is 0 Å². The van der Waals surface area contributed by atoms with Crippen LogP contribution in [0.3, 0.4) is 0 Å². The summed E-state index contributed by atoms with van der Waals surface area (Å²) in [6.45, 7) is 9.18. The SMILES string of the molecule is Cc1c(C(N)=O)c(C)n(CC(C)C)c1-c1ccccc1. The van der Waals surface area contributed by atoms with Gasteiger partial charge in [0.2, 0.25) is 0 Å². The second-order valence-corrected chi connectivity index (χ2v) is 5.67. The van der Waals surface area contributed by atoms with E-state index in [-0.39, 0.29) is 5.91 Å². The molecule has 0 spiro atoms. The van der Waals surface area contributed by atoms with Crippen molar-refractivity contribution in [3.8, 4) is 11.3 Å². The van der Waals surface area contributed by atoms with Crippen molar-refractivity contribution in [2.45, 2.75) is 34.2 Å². The monoisotopic (exact) mass is 270 g/mol. The molecule has 0 fully saturated rings. The summed E-state index contributed by atoms with van der Waals surface area (Å²) in [4.78, 5) is 11.7. The highest BCUT2D eigenvalue weighted by molar-refractivity contribution is 5.97. The highest BCUT2D eigenvalue weighted by Crippen LogP contribution is 2.31. The number of hydrogen-bond donors (Lipinski definition) is 1. The van der Waals surface area contributed by atoms with Gasteiger partial charge in [0.1, 0.15) is 0 Å². The predicted molar refractivity (Wildman–Crippen MR) is 82.7 cm³/mol. The van der Waals surface area contributed by atoms with Gasteiger partial charge in [-0.05, 0) is 30.9 Å². The quantitative estimate of drug-likeness (QED) is 0.907. The Morgan fingerprint density at radius 2 is 1.80 bits per heavy atom. The van der Waals surface area contributed by atoms with E-state index in [2.05, 4.69) is 30.5 Å². The van der Waals surface area contributed by atoms with E-state index in [4.69, 9.17) is 5.73 Å². The number of primary amides is 1. The maximum absolute atomic E-state index is 11.7. The van der Waals surface area contributed by atoms with Gasteiger partial charge in [-0.3, -0.25) is 4.79 Å². The lowest BCUT2D eigenvalue weighted by molar-refractivity contribution is 0.0999. The Hall–Kier alpha value is -2.03. The summed E-state index contributed by atoms with van der Waals surface area (Å²) in [7, 11) is 0. The van der Waals surface area contributed by atoms with E-state index in [1.165, 1.54) is 0 Å². The van der Waals surface area contributed by atoms with Gasteiger partial charge in [-0.1, -0.05) is 44.2 Å². The van der Waals surface area contributed by atoms with Crippen molar-refractivity contribution in [1.82, 2.24) is 4.57 Å². The smallest absolute Gasteiger partial charge is 0.250 e. The molecule has 2 rings (SSSR count). The van der Waals surface area contributed by atoms with Crippen molar-refractivity contribution in [2.75, 3.05) is 0 Å². The number of benzene rings is 1. The van der Waals surface area contributed by atoms with Crippen LogP contribution >= 0.6 is 0 Å². The van der Waals surface area contributed by atoms with Crippen molar-refractivity contribution in [2.24, 2.45) is 11.7 Å². The van der Waals surface area contributed by atoms with Crippen LogP contribution in [0, 0.1) is 19.8 Å². The van der Waals surface area contributed by atoms with Crippen LogP contribution in [0.25, 0.3) is 11.3 Å². The van der Waals surface area contributed by atoms with Crippen LogP contribution in [0.1, 0.15) is 35.5 Å². The van der Waals surface area contributed by atoms with Gasteiger partial charge in [0.15, 0.2) is 0 Å². The Morgan fingerprint density at radius 1 is 1.20 bits per heavy atom. The Morgan fingerprint density at radius 3 is 2.30 bits per heavy atom. The van der Waals surface area contributed by atoms with Gasteiger partial charge >= 0.3 is 0 Å². The predicted octanol–water partition coefficient (Wildman–Crippen LogP) is 3.53. The molecule has 0 aliphatic carbocycles. The normalized spacial score (nSPS) is 11.1. The highest BCUT2D eigenvalue weighted by atomic mass is 16.1. The van der Waals surface area contributed by atoms with Crippen LogP contribution in [0.4, 0.5) is 0 Å². The minimum atomic E-state index is -0.348. The minimum absolute atomic E-state index is 0.348. The molecule has 106 valence electrons. The molecule has 3 nitrogen and oxygen atoms in total. The van der Waals surface area contributed by atoms with Crippen LogP contribution in [0.15, 0.2) is 30.3 Å². The fourth-order valence-electron chi connectivity index (χ4n) is 2.82. The van der Waals surface area contributed by atoms with Crippen molar-refractivity contribution >= 4 is 5.91 Å². The zero-order valence-corrected chi connectivity index (χ0v) is 12.6. The number of nitrogens with zero attached hydrogens (tertiary/aromatic N) is 1. The Balaban J connectivity index is 2.71. The van der Waals surface area contributed by atoms with Crippen LogP contribution in [0.2, 0.25) is 0 Å². The molecule has 0 saturated carbocycles. The molecule has 0 aliphatic heterocycles. The second kappa shape index (κ2) is 5.53. The van der Waals surface area contributed by atoms with E-state index in [0.717, 1.165) is 29.1 Å². The van der Waals surface area contributed by atoms with E-state index in [1.807, 2.05) is 32.0 Å². The molecule has 0 unspecified atom stereocenters. The maximum atomic E-state index is 11.7. The molecule has 2 aromatic rings. The molecule has 2 N–H and O–H groups in total. The summed E-state index contributed by atoms with van der Waals surface area (Å²) in [6.07, 6.45) is 0. The number of nitrogens with two attached hydrogens (primary N) is 1. The molecular weight excluding hydrogens is 248 g/mol. The third-order valence-corrected chi connectivity index (χ3v) is 3.61. The lowest BCUT2D eigenvalue weighted by Gasteiger charge is -2.15. The first-order chi connectivity index (χ1) is 9.43. The fraction of sp³-hybridized carbons (Fsp3) is 0.353. The van der Waals surface area contributed by atoms with Crippen molar-refractivity contribution in [3.63, 3.8) is 0 Å². The molecule has 20 heavy (non-hydrogen) atoms. The number of aromatic nitrogens is 1. The van der Waals surface area contributed by atoms with Crippen LogP contribution in [0.5, 0.6) is 0 Å². The first-order valence-corrected chi connectivity index (χ1v) is 6.98. The van der Waals surface area contributed by atoms with Gasteiger partial charge in [0.05, 0.1) is 11.3 Å². The first-order valence-electron chi connectivity index (χ1n) is 6.98. The summed E-state index contributed by atoms with van der Waals surface area (Å²) in [6, 6.07) is 10.2. The molecule has 1 aromatic heterocycles. The zero-order chi connectivity index (χ0) is 14.9. The van der Waals surface area contributed by atoms with Crippen LogP contribution in [-0.2, 0) is 6.54 Å². The Bertz CT molecular complexity index is 624.